The van der Waals surface area contributed by atoms with Crippen LogP contribution in [0.3, 0.4) is 0 Å². The first-order chi connectivity index (χ1) is 13.3. The number of aryl methyl sites for hydroxylation is 1. The average molecular weight is 359 g/mol. The summed E-state index contributed by atoms with van der Waals surface area (Å²) in [6.07, 6.45) is 6.27. The van der Waals surface area contributed by atoms with Crippen molar-refractivity contribution in [3.05, 3.63) is 72.7 Å². The SMILES string of the molecule is O=C(CCc1cnn(-c2ccccc2)c1)Nc1nnc(-c2ccccn2)[nH]1. The van der Waals surface area contributed by atoms with Gasteiger partial charge in [-0.3, -0.25) is 15.1 Å². The highest BCUT2D eigenvalue weighted by Crippen LogP contribution is 2.13. The van der Waals surface area contributed by atoms with E-state index in [-0.39, 0.29) is 5.91 Å². The van der Waals surface area contributed by atoms with Gasteiger partial charge in [0.15, 0.2) is 5.82 Å². The normalized spacial score (nSPS) is 10.7. The molecular formula is C19H17N7O. The Labute approximate surface area is 155 Å². The number of rotatable bonds is 6. The lowest BCUT2D eigenvalue weighted by molar-refractivity contribution is -0.116. The first kappa shape index (κ1) is 16.6. The number of nitrogens with one attached hydrogen (secondary N) is 2. The minimum Gasteiger partial charge on any atom is -0.306 e. The highest BCUT2D eigenvalue weighted by Gasteiger charge is 2.10. The Kier molecular flexibility index (Phi) is 4.69. The number of anilines is 1. The number of pyridine rings is 1. The molecule has 134 valence electrons. The van der Waals surface area contributed by atoms with Crippen molar-refractivity contribution in [2.24, 2.45) is 0 Å². The fraction of sp³-hybridized carbons (Fsp3) is 0.105. The highest BCUT2D eigenvalue weighted by atomic mass is 16.1. The van der Waals surface area contributed by atoms with E-state index in [4.69, 9.17) is 0 Å². The molecule has 0 bridgehead atoms. The molecule has 0 saturated carbocycles. The Bertz CT molecular complexity index is 1020. The van der Waals surface area contributed by atoms with Crippen LogP contribution >= 0.6 is 0 Å². The van der Waals surface area contributed by atoms with Crippen LogP contribution in [0.1, 0.15) is 12.0 Å². The van der Waals surface area contributed by atoms with E-state index in [0.717, 1.165) is 11.3 Å². The molecule has 0 aliphatic rings. The second kappa shape index (κ2) is 7.61. The van der Waals surface area contributed by atoms with Gasteiger partial charge in [-0.05, 0) is 36.2 Å². The van der Waals surface area contributed by atoms with Gasteiger partial charge in [0.25, 0.3) is 0 Å². The molecular weight excluding hydrogens is 342 g/mol. The molecule has 8 nitrogen and oxygen atoms in total. The van der Waals surface area contributed by atoms with Gasteiger partial charge >= 0.3 is 0 Å². The molecule has 27 heavy (non-hydrogen) atoms. The number of carbonyl (C=O) groups is 1. The summed E-state index contributed by atoms with van der Waals surface area (Å²) in [5.74, 6) is 0.668. The molecule has 4 rings (SSSR count). The van der Waals surface area contributed by atoms with E-state index >= 15 is 0 Å². The molecule has 3 aromatic heterocycles. The van der Waals surface area contributed by atoms with Gasteiger partial charge in [-0.1, -0.05) is 24.3 Å². The van der Waals surface area contributed by atoms with Crippen LogP contribution in [0.25, 0.3) is 17.2 Å². The van der Waals surface area contributed by atoms with Crippen LogP contribution in [0.5, 0.6) is 0 Å². The Morgan fingerprint density at radius 1 is 1.07 bits per heavy atom. The van der Waals surface area contributed by atoms with Gasteiger partial charge in [-0.15, -0.1) is 10.2 Å². The third-order valence-corrected chi connectivity index (χ3v) is 3.95. The highest BCUT2D eigenvalue weighted by molar-refractivity contribution is 5.89. The fourth-order valence-electron chi connectivity index (χ4n) is 2.60. The van der Waals surface area contributed by atoms with Crippen LogP contribution in [-0.4, -0.2) is 35.9 Å². The maximum atomic E-state index is 12.2. The number of aromatic amines is 1. The van der Waals surface area contributed by atoms with Crippen molar-refractivity contribution < 1.29 is 4.79 Å². The third kappa shape index (κ3) is 4.06. The van der Waals surface area contributed by atoms with Crippen molar-refractivity contribution in [1.29, 1.82) is 0 Å². The molecule has 0 radical (unpaired) electrons. The van der Waals surface area contributed by atoms with Crippen LogP contribution in [0.4, 0.5) is 5.95 Å². The molecule has 0 saturated heterocycles. The maximum Gasteiger partial charge on any atom is 0.228 e. The van der Waals surface area contributed by atoms with E-state index in [1.165, 1.54) is 0 Å². The second-order valence-electron chi connectivity index (χ2n) is 5.91. The van der Waals surface area contributed by atoms with Gasteiger partial charge in [0.2, 0.25) is 11.9 Å². The lowest BCUT2D eigenvalue weighted by Crippen LogP contribution is -2.13. The molecule has 3 heterocycles. The van der Waals surface area contributed by atoms with E-state index in [9.17, 15) is 4.79 Å². The van der Waals surface area contributed by atoms with Crippen molar-refractivity contribution in [1.82, 2.24) is 29.9 Å². The Balaban J connectivity index is 1.33. The van der Waals surface area contributed by atoms with E-state index in [1.807, 2.05) is 54.7 Å². The van der Waals surface area contributed by atoms with Gasteiger partial charge in [0, 0.05) is 18.8 Å². The summed E-state index contributed by atoms with van der Waals surface area (Å²) in [5, 5.41) is 15.0. The fourth-order valence-corrected chi connectivity index (χ4v) is 2.60. The van der Waals surface area contributed by atoms with Gasteiger partial charge in [0.1, 0.15) is 5.69 Å². The summed E-state index contributed by atoms with van der Waals surface area (Å²) in [6, 6.07) is 15.3. The zero-order valence-electron chi connectivity index (χ0n) is 14.4. The number of aromatic nitrogens is 6. The quantitative estimate of drug-likeness (QED) is 0.551. The Hall–Kier alpha value is -3.81. The zero-order chi connectivity index (χ0) is 18.5. The molecule has 0 aliphatic carbocycles. The first-order valence-corrected chi connectivity index (χ1v) is 8.51. The largest absolute Gasteiger partial charge is 0.306 e. The third-order valence-electron chi connectivity index (χ3n) is 3.95. The van der Waals surface area contributed by atoms with Gasteiger partial charge in [-0.2, -0.15) is 5.10 Å². The van der Waals surface area contributed by atoms with Crippen LogP contribution < -0.4 is 5.32 Å². The topological polar surface area (TPSA) is 101 Å². The molecule has 0 fully saturated rings. The van der Waals surface area contributed by atoms with E-state index in [1.54, 1.807) is 17.1 Å². The molecule has 0 atom stereocenters. The Morgan fingerprint density at radius 2 is 1.93 bits per heavy atom. The van der Waals surface area contributed by atoms with Crippen LogP contribution in [0.2, 0.25) is 0 Å². The molecule has 1 aromatic carbocycles. The summed E-state index contributed by atoms with van der Waals surface area (Å²) in [4.78, 5) is 19.3. The van der Waals surface area contributed by atoms with Crippen molar-refractivity contribution in [2.75, 3.05) is 5.32 Å². The first-order valence-electron chi connectivity index (χ1n) is 8.51. The Morgan fingerprint density at radius 3 is 2.74 bits per heavy atom. The van der Waals surface area contributed by atoms with Gasteiger partial charge in [0.05, 0.1) is 11.9 Å². The average Bonchev–Trinajstić information content (AvgIpc) is 3.37. The minimum atomic E-state index is -0.147. The monoisotopic (exact) mass is 359 g/mol. The number of nitrogens with zero attached hydrogens (tertiary/aromatic N) is 5. The van der Waals surface area contributed by atoms with E-state index in [0.29, 0.717) is 30.3 Å². The van der Waals surface area contributed by atoms with Crippen molar-refractivity contribution in [2.45, 2.75) is 12.8 Å². The molecule has 2 N–H and O–H groups in total. The van der Waals surface area contributed by atoms with Gasteiger partial charge in [-0.25, -0.2) is 4.68 Å². The summed E-state index contributed by atoms with van der Waals surface area (Å²) in [7, 11) is 0. The standard InChI is InChI=1S/C19H17N7O/c27-17(22-19-23-18(24-25-19)16-8-4-5-11-20-16)10-9-14-12-21-26(13-14)15-6-2-1-3-7-15/h1-8,11-13H,9-10H2,(H2,22,23,24,25,27). The summed E-state index contributed by atoms with van der Waals surface area (Å²) < 4.78 is 1.79. The number of benzene rings is 1. The van der Waals surface area contributed by atoms with Crippen molar-refractivity contribution in [3.63, 3.8) is 0 Å². The predicted molar refractivity (Wildman–Crippen MR) is 100 cm³/mol. The number of H-pyrrole nitrogens is 1. The molecule has 1 amide bonds. The molecule has 0 unspecified atom stereocenters. The minimum absolute atomic E-state index is 0.147. The molecule has 0 spiro atoms. The maximum absolute atomic E-state index is 12.2. The zero-order valence-corrected chi connectivity index (χ0v) is 14.4. The van der Waals surface area contributed by atoms with Crippen LogP contribution in [-0.2, 0) is 11.2 Å². The number of amides is 1. The van der Waals surface area contributed by atoms with E-state index < -0.39 is 0 Å². The van der Waals surface area contributed by atoms with Crippen molar-refractivity contribution >= 4 is 11.9 Å². The molecule has 8 heteroatoms. The number of para-hydroxylation sites is 1. The molecule has 0 aliphatic heterocycles. The van der Waals surface area contributed by atoms with Crippen LogP contribution in [0.15, 0.2) is 67.1 Å². The molecule has 4 aromatic rings. The second-order valence-corrected chi connectivity index (χ2v) is 5.91. The van der Waals surface area contributed by atoms with Gasteiger partial charge < -0.3 is 4.98 Å². The lowest BCUT2D eigenvalue weighted by atomic mass is 10.2. The smallest absolute Gasteiger partial charge is 0.228 e. The summed E-state index contributed by atoms with van der Waals surface area (Å²) in [6.45, 7) is 0. The number of hydrogen-bond donors (Lipinski definition) is 2. The summed E-state index contributed by atoms with van der Waals surface area (Å²) >= 11 is 0. The summed E-state index contributed by atoms with van der Waals surface area (Å²) in [5.41, 5.74) is 2.64. The van der Waals surface area contributed by atoms with Crippen LogP contribution in [0, 0.1) is 0 Å². The number of carbonyl (C=O) groups excluding carboxylic acids is 1. The number of hydrogen-bond acceptors (Lipinski definition) is 5. The predicted octanol–water partition coefficient (Wildman–Crippen LogP) is 2.62. The van der Waals surface area contributed by atoms with E-state index in [2.05, 4.69) is 30.6 Å². The lowest BCUT2D eigenvalue weighted by Gasteiger charge is -2.01. The van der Waals surface area contributed by atoms with Crippen molar-refractivity contribution in [3.8, 4) is 17.2 Å².